The van der Waals surface area contributed by atoms with E-state index in [9.17, 15) is 13.2 Å². The van der Waals surface area contributed by atoms with Crippen LogP contribution in [0.25, 0.3) is 0 Å². The minimum absolute atomic E-state index is 0.127. The number of rotatable bonds is 1. The van der Waals surface area contributed by atoms with E-state index in [-0.39, 0.29) is 5.41 Å². The number of benzene rings is 1. The van der Waals surface area contributed by atoms with Crippen LogP contribution in [-0.4, -0.2) is 13.1 Å². The van der Waals surface area contributed by atoms with Crippen LogP contribution in [0, 0.1) is 5.92 Å². The zero-order chi connectivity index (χ0) is 12.1. The standard InChI is InChI=1S/C13H14F3N/c14-13(15,16)10-3-1-9(2-4-10)12-7-11(12)5-6-17-8-12/h1-4,11,17H,5-8H2/t11-,12+/m1/s1. The summed E-state index contributed by atoms with van der Waals surface area (Å²) in [5.74, 6) is 0.667. The molecule has 1 heterocycles. The predicted octanol–water partition coefficient (Wildman–Crippen LogP) is 2.96. The van der Waals surface area contributed by atoms with Crippen molar-refractivity contribution in [1.82, 2.24) is 5.32 Å². The lowest BCUT2D eigenvalue weighted by Gasteiger charge is -2.23. The Morgan fingerprint density at radius 1 is 1.18 bits per heavy atom. The van der Waals surface area contributed by atoms with Crippen LogP contribution >= 0.6 is 0 Å². The quantitative estimate of drug-likeness (QED) is 0.797. The molecule has 1 N–H and O–H groups in total. The van der Waals surface area contributed by atoms with Crippen LogP contribution in [0.1, 0.15) is 24.0 Å². The third kappa shape index (κ3) is 1.75. The molecule has 1 aromatic rings. The van der Waals surface area contributed by atoms with Gasteiger partial charge in [-0.25, -0.2) is 0 Å². The van der Waals surface area contributed by atoms with Gasteiger partial charge in [0.15, 0.2) is 0 Å². The number of nitrogens with one attached hydrogen (secondary N) is 1. The first-order chi connectivity index (χ1) is 8.02. The summed E-state index contributed by atoms with van der Waals surface area (Å²) in [6, 6.07) is 5.70. The van der Waals surface area contributed by atoms with Crippen molar-refractivity contribution in [1.29, 1.82) is 0 Å². The molecular weight excluding hydrogens is 227 g/mol. The zero-order valence-corrected chi connectivity index (χ0v) is 9.35. The van der Waals surface area contributed by atoms with Crippen LogP contribution in [0.2, 0.25) is 0 Å². The molecule has 17 heavy (non-hydrogen) atoms. The summed E-state index contributed by atoms with van der Waals surface area (Å²) in [6.45, 7) is 1.94. The van der Waals surface area contributed by atoms with Crippen molar-refractivity contribution in [2.75, 3.05) is 13.1 Å². The Kier molecular flexibility index (Phi) is 2.27. The van der Waals surface area contributed by atoms with Crippen molar-refractivity contribution in [3.8, 4) is 0 Å². The van der Waals surface area contributed by atoms with Crippen LogP contribution < -0.4 is 5.32 Å². The largest absolute Gasteiger partial charge is 0.416 e. The van der Waals surface area contributed by atoms with Crippen molar-refractivity contribution in [3.63, 3.8) is 0 Å². The molecule has 1 aliphatic carbocycles. The van der Waals surface area contributed by atoms with Crippen molar-refractivity contribution < 1.29 is 13.2 Å². The molecule has 2 atom stereocenters. The van der Waals surface area contributed by atoms with Crippen LogP contribution in [0.15, 0.2) is 24.3 Å². The van der Waals surface area contributed by atoms with E-state index < -0.39 is 11.7 Å². The molecule has 3 rings (SSSR count). The number of alkyl halides is 3. The molecule has 0 amide bonds. The lowest BCUT2D eigenvalue weighted by Crippen LogP contribution is -2.34. The van der Waals surface area contributed by atoms with Gasteiger partial charge in [-0.05, 0) is 43.0 Å². The summed E-state index contributed by atoms with van der Waals surface area (Å²) >= 11 is 0. The minimum atomic E-state index is -4.23. The van der Waals surface area contributed by atoms with Crippen LogP contribution in [-0.2, 0) is 11.6 Å². The second kappa shape index (κ2) is 3.48. The molecule has 0 bridgehead atoms. The summed E-state index contributed by atoms with van der Waals surface area (Å²) in [6.07, 6.45) is -1.98. The minimum Gasteiger partial charge on any atom is -0.316 e. The molecular formula is C13H14F3N. The van der Waals surface area contributed by atoms with Crippen molar-refractivity contribution in [2.45, 2.75) is 24.4 Å². The normalized spacial score (nSPS) is 32.1. The highest BCUT2D eigenvalue weighted by molar-refractivity contribution is 5.37. The number of piperidine rings is 1. The third-order valence-corrected chi connectivity index (χ3v) is 4.13. The Hall–Kier alpha value is -1.03. The highest BCUT2D eigenvalue weighted by Gasteiger charge is 2.55. The zero-order valence-electron chi connectivity index (χ0n) is 9.35. The van der Waals surface area contributed by atoms with Crippen LogP contribution in [0.3, 0.4) is 0 Å². The number of hydrogen-bond donors (Lipinski definition) is 1. The Morgan fingerprint density at radius 2 is 1.88 bits per heavy atom. The maximum Gasteiger partial charge on any atom is 0.416 e. The fourth-order valence-corrected chi connectivity index (χ4v) is 3.01. The summed E-state index contributed by atoms with van der Waals surface area (Å²) in [5.41, 5.74) is 0.629. The first-order valence-electron chi connectivity index (χ1n) is 5.91. The summed E-state index contributed by atoms with van der Waals surface area (Å²) in [7, 11) is 0. The fraction of sp³-hybridized carbons (Fsp3) is 0.538. The molecule has 2 aliphatic rings. The Bertz CT molecular complexity index is 423. The number of halogens is 3. The van der Waals surface area contributed by atoms with Gasteiger partial charge >= 0.3 is 6.18 Å². The smallest absolute Gasteiger partial charge is 0.316 e. The van der Waals surface area contributed by atoms with E-state index in [4.69, 9.17) is 0 Å². The molecule has 1 saturated carbocycles. The van der Waals surface area contributed by atoms with Crippen molar-refractivity contribution >= 4 is 0 Å². The molecule has 92 valence electrons. The van der Waals surface area contributed by atoms with E-state index in [1.165, 1.54) is 12.1 Å². The summed E-state index contributed by atoms with van der Waals surface area (Å²) in [4.78, 5) is 0. The lowest BCUT2D eigenvalue weighted by atomic mass is 9.89. The van der Waals surface area contributed by atoms with Crippen molar-refractivity contribution in [2.24, 2.45) is 5.92 Å². The summed E-state index contributed by atoms with van der Waals surface area (Å²) in [5, 5.41) is 3.34. The Balaban J connectivity index is 1.86. The van der Waals surface area contributed by atoms with Gasteiger partial charge in [0.05, 0.1) is 5.56 Å². The van der Waals surface area contributed by atoms with Crippen LogP contribution in [0.5, 0.6) is 0 Å². The average molecular weight is 241 g/mol. The highest BCUT2D eigenvalue weighted by Crippen LogP contribution is 2.57. The number of fused-ring (bicyclic) bond motifs is 1. The topological polar surface area (TPSA) is 12.0 Å². The van der Waals surface area contributed by atoms with Crippen LogP contribution in [0.4, 0.5) is 13.2 Å². The van der Waals surface area contributed by atoms with E-state index >= 15 is 0 Å². The fourth-order valence-electron chi connectivity index (χ4n) is 3.01. The first-order valence-corrected chi connectivity index (χ1v) is 5.91. The van der Waals surface area contributed by atoms with E-state index in [1.807, 2.05) is 0 Å². The molecule has 1 saturated heterocycles. The van der Waals surface area contributed by atoms with E-state index in [1.54, 1.807) is 12.1 Å². The van der Waals surface area contributed by atoms with Crippen molar-refractivity contribution in [3.05, 3.63) is 35.4 Å². The van der Waals surface area contributed by atoms with Gasteiger partial charge in [0.2, 0.25) is 0 Å². The monoisotopic (exact) mass is 241 g/mol. The average Bonchev–Trinajstić information content (AvgIpc) is 3.03. The van der Waals surface area contributed by atoms with Gasteiger partial charge in [0, 0.05) is 12.0 Å². The third-order valence-electron chi connectivity index (χ3n) is 4.13. The molecule has 0 spiro atoms. The van der Waals surface area contributed by atoms with Gasteiger partial charge in [0.25, 0.3) is 0 Å². The number of hydrogen-bond acceptors (Lipinski definition) is 1. The van der Waals surface area contributed by atoms with Gasteiger partial charge in [-0.2, -0.15) is 13.2 Å². The van der Waals surface area contributed by atoms with Gasteiger partial charge < -0.3 is 5.32 Å². The van der Waals surface area contributed by atoms with E-state index in [0.717, 1.165) is 31.5 Å². The molecule has 4 heteroatoms. The van der Waals surface area contributed by atoms with Gasteiger partial charge in [0.1, 0.15) is 0 Å². The second-order valence-corrected chi connectivity index (χ2v) is 5.10. The molecule has 0 unspecified atom stereocenters. The molecule has 1 aliphatic heterocycles. The second-order valence-electron chi connectivity index (χ2n) is 5.10. The summed E-state index contributed by atoms with van der Waals surface area (Å²) < 4.78 is 37.4. The SMILES string of the molecule is FC(F)(F)c1ccc([C@]23CNCC[C@@H]2C3)cc1. The molecule has 0 aromatic heterocycles. The lowest BCUT2D eigenvalue weighted by molar-refractivity contribution is -0.137. The van der Waals surface area contributed by atoms with E-state index in [2.05, 4.69) is 5.32 Å². The maximum atomic E-state index is 12.5. The Morgan fingerprint density at radius 3 is 2.47 bits per heavy atom. The van der Waals surface area contributed by atoms with Gasteiger partial charge in [-0.3, -0.25) is 0 Å². The molecule has 1 aromatic carbocycles. The molecule has 1 nitrogen and oxygen atoms in total. The molecule has 0 radical (unpaired) electrons. The Labute approximate surface area is 98.0 Å². The first kappa shape index (κ1) is 11.1. The predicted molar refractivity (Wildman–Crippen MR) is 58.7 cm³/mol. The molecule has 2 fully saturated rings. The maximum absolute atomic E-state index is 12.5. The van der Waals surface area contributed by atoms with Gasteiger partial charge in [-0.1, -0.05) is 12.1 Å². The van der Waals surface area contributed by atoms with E-state index in [0.29, 0.717) is 5.92 Å². The van der Waals surface area contributed by atoms with Gasteiger partial charge in [-0.15, -0.1) is 0 Å². The highest BCUT2D eigenvalue weighted by atomic mass is 19.4.